The normalized spacial score (nSPS) is 19.9. The van der Waals surface area contributed by atoms with Crippen molar-refractivity contribution >= 4 is 18.3 Å². The van der Waals surface area contributed by atoms with E-state index in [1.165, 1.54) is 0 Å². The van der Waals surface area contributed by atoms with Gasteiger partial charge in [0, 0.05) is 25.6 Å². The van der Waals surface area contributed by atoms with E-state index in [4.69, 9.17) is 5.73 Å². The molecular formula is C15H23ClN2O. The van der Waals surface area contributed by atoms with Gasteiger partial charge in [-0.2, -0.15) is 0 Å². The number of amides is 1. The smallest absolute Gasteiger partial charge is 0.224 e. The summed E-state index contributed by atoms with van der Waals surface area (Å²) < 4.78 is 0. The maximum atomic E-state index is 12.1. The molecule has 2 unspecified atom stereocenters. The highest BCUT2D eigenvalue weighted by Gasteiger charge is 2.26. The van der Waals surface area contributed by atoms with Crippen LogP contribution in [-0.2, 0) is 4.79 Å². The van der Waals surface area contributed by atoms with Crippen molar-refractivity contribution in [3.63, 3.8) is 0 Å². The molecule has 0 spiro atoms. The van der Waals surface area contributed by atoms with Crippen molar-refractivity contribution in [3.8, 4) is 0 Å². The monoisotopic (exact) mass is 282 g/mol. The lowest BCUT2D eigenvalue weighted by molar-refractivity contribution is -0.130. The third-order valence-electron chi connectivity index (χ3n) is 3.84. The molecule has 1 amide bonds. The minimum atomic E-state index is -0.181. The summed E-state index contributed by atoms with van der Waals surface area (Å²) in [5.41, 5.74) is 7.12. The summed E-state index contributed by atoms with van der Waals surface area (Å²) in [5, 5.41) is 0. The second-order valence-electron chi connectivity index (χ2n) is 5.12. The predicted molar refractivity (Wildman–Crippen MR) is 80.2 cm³/mol. The van der Waals surface area contributed by atoms with E-state index in [0.717, 1.165) is 31.5 Å². The summed E-state index contributed by atoms with van der Waals surface area (Å²) in [5.74, 6) is 0.879. The minimum absolute atomic E-state index is 0. The molecule has 2 N–H and O–H groups in total. The SMILES string of the molecule is CCC1CCN(C(=O)CC(N)c2ccccc2)C1.Cl. The molecule has 2 rings (SSSR count). The first-order chi connectivity index (χ1) is 8.70. The first kappa shape index (κ1) is 16.0. The molecule has 1 aliphatic rings. The van der Waals surface area contributed by atoms with E-state index < -0.39 is 0 Å². The maximum absolute atomic E-state index is 12.1. The maximum Gasteiger partial charge on any atom is 0.224 e. The van der Waals surface area contributed by atoms with E-state index in [1.807, 2.05) is 35.2 Å². The third-order valence-corrected chi connectivity index (χ3v) is 3.84. The fourth-order valence-electron chi connectivity index (χ4n) is 2.53. The van der Waals surface area contributed by atoms with Gasteiger partial charge in [0.25, 0.3) is 0 Å². The molecule has 0 aromatic heterocycles. The number of rotatable bonds is 4. The topological polar surface area (TPSA) is 46.3 Å². The van der Waals surface area contributed by atoms with Crippen LogP contribution < -0.4 is 5.73 Å². The molecule has 1 aromatic rings. The highest BCUT2D eigenvalue weighted by atomic mass is 35.5. The molecule has 1 fully saturated rings. The zero-order valence-corrected chi connectivity index (χ0v) is 12.2. The van der Waals surface area contributed by atoms with E-state index in [1.54, 1.807) is 0 Å². The number of likely N-dealkylation sites (tertiary alicyclic amines) is 1. The molecule has 0 aliphatic carbocycles. The molecule has 4 heteroatoms. The second kappa shape index (κ2) is 7.51. The van der Waals surface area contributed by atoms with Crippen molar-refractivity contribution in [1.29, 1.82) is 0 Å². The van der Waals surface area contributed by atoms with Crippen LogP contribution in [0.4, 0.5) is 0 Å². The lowest BCUT2D eigenvalue weighted by atomic mass is 10.0. The van der Waals surface area contributed by atoms with E-state index in [9.17, 15) is 4.79 Å². The zero-order chi connectivity index (χ0) is 13.0. The Labute approximate surface area is 121 Å². The lowest BCUT2D eigenvalue weighted by Gasteiger charge is -2.19. The first-order valence-electron chi connectivity index (χ1n) is 6.79. The number of nitrogens with zero attached hydrogens (tertiary/aromatic N) is 1. The van der Waals surface area contributed by atoms with Crippen LogP contribution in [0.5, 0.6) is 0 Å². The number of halogens is 1. The Kier molecular flexibility index (Phi) is 6.32. The quantitative estimate of drug-likeness (QED) is 0.923. The van der Waals surface area contributed by atoms with Crippen LogP contribution in [0.2, 0.25) is 0 Å². The Morgan fingerprint density at radius 1 is 1.42 bits per heavy atom. The summed E-state index contributed by atoms with van der Waals surface area (Å²) in [6.45, 7) is 4.00. The van der Waals surface area contributed by atoms with E-state index >= 15 is 0 Å². The van der Waals surface area contributed by atoms with Gasteiger partial charge in [-0.05, 0) is 17.9 Å². The molecule has 0 bridgehead atoms. The van der Waals surface area contributed by atoms with Crippen LogP contribution in [0.25, 0.3) is 0 Å². The van der Waals surface area contributed by atoms with Crippen LogP contribution in [0.3, 0.4) is 0 Å². The van der Waals surface area contributed by atoms with E-state index in [0.29, 0.717) is 12.3 Å². The molecule has 19 heavy (non-hydrogen) atoms. The standard InChI is InChI=1S/C15H22N2O.ClH/c1-2-12-8-9-17(11-12)15(18)10-14(16)13-6-4-3-5-7-13;/h3-7,12,14H,2,8-11,16H2,1H3;1H. The van der Waals surface area contributed by atoms with Gasteiger partial charge < -0.3 is 10.6 Å². The molecular weight excluding hydrogens is 260 g/mol. The summed E-state index contributed by atoms with van der Waals surface area (Å²) in [6.07, 6.45) is 2.72. The minimum Gasteiger partial charge on any atom is -0.342 e. The molecule has 0 radical (unpaired) electrons. The Hall–Kier alpha value is -1.06. The van der Waals surface area contributed by atoms with Gasteiger partial charge >= 0.3 is 0 Å². The fourth-order valence-corrected chi connectivity index (χ4v) is 2.53. The van der Waals surface area contributed by atoms with Gasteiger partial charge in [0.2, 0.25) is 5.91 Å². The number of hydrogen-bond donors (Lipinski definition) is 1. The molecule has 1 saturated heterocycles. The fraction of sp³-hybridized carbons (Fsp3) is 0.533. The van der Waals surface area contributed by atoms with Gasteiger partial charge in [0.1, 0.15) is 0 Å². The van der Waals surface area contributed by atoms with Gasteiger partial charge in [0.05, 0.1) is 0 Å². The zero-order valence-electron chi connectivity index (χ0n) is 11.4. The van der Waals surface area contributed by atoms with Gasteiger partial charge in [0.15, 0.2) is 0 Å². The van der Waals surface area contributed by atoms with Crippen molar-refractivity contribution in [3.05, 3.63) is 35.9 Å². The van der Waals surface area contributed by atoms with E-state index in [2.05, 4.69) is 6.92 Å². The van der Waals surface area contributed by atoms with E-state index in [-0.39, 0.29) is 24.4 Å². The molecule has 3 nitrogen and oxygen atoms in total. The van der Waals surface area contributed by atoms with Gasteiger partial charge in [-0.25, -0.2) is 0 Å². The summed E-state index contributed by atoms with van der Waals surface area (Å²) in [7, 11) is 0. The Bertz CT molecular complexity index is 396. The number of nitrogens with two attached hydrogens (primary N) is 1. The highest BCUT2D eigenvalue weighted by Crippen LogP contribution is 2.22. The van der Waals surface area contributed by atoms with Crippen molar-refractivity contribution in [2.75, 3.05) is 13.1 Å². The van der Waals surface area contributed by atoms with Gasteiger partial charge in [-0.1, -0.05) is 43.7 Å². The van der Waals surface area contributed by atoms with Crippen LogP contribution in [0.1, 0.15) is 37.8 Å². The van der Waals surface area contributed by atoms with Gasteiger partial charge in [-0.3, -0.25) is 4.79 Å². The summed E-state index contributed by atoms with van der Waals surface area (Å²) in [6, 6.07) is 9.67. The van der Waals surface area contributed by atoms with Crippen molar-refractivity contribution < 1.29 is 4.79 Å². The number of hydrogen-bond acceptors (Lipinski definition) is 2. The Morgan fingerprint density at radius 2 is 2.11 bits per heavy atom. The molecule has 2 atom stereocenters. The van der Waals surface area contributed by atoms with Crippen LogP contribution >= 0.6 is 12.4 Å². The molecule has 1 aromatic carbocycles. The number of carbonyl (C=O) groups excluding carboxylic acids is 1. The first-order valence-corrected chi connectivity index (χ1v) is 6.79. The van der Waals surface area contributed by atoms with Gasteiger partial charge in [-0.15, -0.1) is 12.4 Å². The van der Waals surface area contributed by atoms with Crippen molar-refractivity contribution in [2.45, 2.75) is 32.2 Å². The summed E-state index contributed by atoms with van der Waals surface area (Å²) >= 11 is 0. The van der Waals surface area contributed by atoms with Crippen LogP contribution in [-0.4, -0.2) is 23.9 Å². The van der Waals surface area contributed by atoms with Crippen LogP contribution in [0, 0.1) is 5.92 Å². The van der Waals surface area contributed by atoms with Crippen molar-refractivity contribution in [1.82, 2.24) is 4.90 Å². The third kappa shape index (κ3) is 4.22. The van der Waals surface area contributed by atoms with Crippen LogP contribution in [0.15, 0.2) is 30.3 Å². The highest BCUT2D eigenvalue weighted by molar-refractivity contribution is 5.85. The molecule has 1 heterocycles. The second-order valence-corrected chi connectivity index (χ2v) is 5.12. The number of carbonyl (C=O) groups is 1. The Balaban J connectivity index is 0.00000180. The molecule has 1 aliphatic heterocycles. The average Bonchev–Trinajstić information content (AvgIpc) is 2.88. The molecule has 0 saturated carbocycles. The molecule has 106 valence electrons. The number of benzene rings is 1. The average molecular weight is 283 g/mol. The lowest BCUT2D eigenvalue weighted by Crippen LogP contribution is -2.31. The van der Waals surface area contributed by atoms with Crippen molar-refractivity contribution in [2.24, 2.45) is 11.7 Å². The summed E-state index contributed by atoms with van der Waals surface area (Å²) in [4.78, 5) is 14.1. The predicted octanol–water partition coefficient (Wildman–Crippen LogP) is 2.76. The largest absolute Gasteiger partial charge is 0.342 e. The Morgan fingerprint density at radius 3 is 2.68 bits per heavy atom.